The average Bonchev–Trinajstić information content (AvgIpc) is 2.78. The van der Waals surface area contributed by atoms with Crippen molar-refractivity contribution < 1.29 is 14.3 Å². The molecule has 0 saturated carbocycles. The van der Waals surface area contributed by atoms with Crippen LogP contribution in [0, 0.1) is 0 Å². The van der Waals surface area contributed by atoms with Gasteiger partial charge in [-0.05, 0) is 55.5 Å². The van der Waals surface area contributed by atoms with E-state index in [1.54, 1.807) is 7.11 Å². The van der Waals surface area contributed by atoms with Crippen molar-refractivity contribution in [2.24, 2.45) is 0 Å². The zero-order valence-corrected chi connectivity index (χ0v) is 16.6. The van der Waals surface area contributed by atoms with Crippen LogP contribution in [0.5, 0.6) is 11.5 Å². The number of ether oxygens (including phenoxy) is 2. The third-order valence-corrected chi connectivity index (χ3v) is 4.98. The van der Waals surface area contributed by atoms with Gasteiger partial charge in [-0.2, -0.15) is 0 Å². The first-order valence-electron chi connectivity index (χ1n) is 9.69. The Hall–Kier alpha value is -3.41. The van der Waals surface area contributed by atoms with Crippen LogP contribution in [0.4, 0.5) is 0 Å². The Labute approximate surface area is 170 Å². The van der Waals surface area contributed by atoms with Crippen LogP contribution in [0.1, 0.15) is 28.5 Å². The van der Waals surface area contributed by atoms with Crippen molar-refractivity contribution in [1.82, 2.24) is 14.9 Å². The summed E-state index contributed by atoms with van der Waals surface area (Å²) < 4.78 is 10.6. The van der Waals surface area contributed by atoms with Crippen LogP contribution < -0.4 is 9.47 Å². The second-order valence-electron chi connectivity index (χ2n) is 6.83. The molecule has 0 bridgehead atoms. The lowest BCUT2D eigenvalue weighted by Crippen LogP contribution is -2.36. The largest absolute Gasteiger partial charge is 0.497 e. The molecule has 2 aromatic carbocycles. The Morgan fingerprint density at radius 1 is 1.07 bits per heavy atom. The highest BCUT2D eigenvalue weighted by Crippen LogP contribution is 2.24. The lowest BCUT2D eigenvalue weighted by molar-refractivity contribution is 0.0733. The number of hydrogen-bond acceptors (Lipinski definition) is 5. The Balaban J connectivity index is 1.49. The minimum absolute atomic E-state index is 0.0120. The van der Waals surface area contributed by atoms with Gasteiger partial charge in [0.25, 0.3) is 5.91 Å². The predicted molar refractivity (Wildman–Crippen MR) is 110 cm³/mol. The summed E-state index contributed by atoms with van der Waals surface area (Å²) in [5, 5.41) is 0. The monoisotopic (exact) mass is 389 g/mol. The average molecular weight is 389 g/mol. The number of amides is 1. The van der Waals surface area contributed by atoms with E-state index in [9.17, 15) is 4.79 Å². The zero-order valence-electron chi connectivity index (χ0n) is 16.6. The highest BCUT2D eigenvalue weighted by atomic mass is 16.5. The molecule has 0 spiro atoms. The van der Waals surface area contributed by atoms with Crippen LogP contribution in [0.15, 0.2) is 54.7 Å². The molecular weight excluding hydrogens is 366 g/mol. The van der Waals surface area contributed by atoms with Crippen molar-refractivity contribution in [3.63, 3.8) is 0 Å². The molecule has 0 atom stereocenters. The quantitative estimate of drug-likeness (QED) is 0.665. The van der Waals surface area contributed by atoms with Gasteiger partial charge >= 0.3 is 0 Å². The summed E-state index contributed by atoms with van der Waals surface area (Å²) in [4.78, 5) is 23.9. The minimum Gasteiger partial charge on any atom is -0.497 e. The molecule has 6 heteroatoms. The maximum atomic E-state index is 12.9. The fourth-order valence-electron chi connectivity index (χ4n) is 3.41. The highest BCUT2D eigenvalue weighted by Gasteiger charge is 2.23. The van der Waals surface area contributed by atoms with Crippen LogP contribution in [0.25, 0.3) is 11.4 Å². The Kier molecular flexibility index (Phi) is 5.42. The predicted octanol–water partition coefficient (Wildman–Crippen LogP) is 3.75. The number of rotatable bonds is 5. The summed E-state index contributed by atoms with van der Waals surface area (Å²) in [6.07, 6.45) is 2.54. The van der Waals surface area contributed by atoms with Gasteiger partial charge < -0.3 is 14.4 Å². The second-order valence-corrected chi connectivity index (χ2v) is 6.83. The van der Waals surface area contributed by atoms with Crippen LogP contribution in [-0.2, 0) is 13.0 Å². The summed E-state index contributed by atoms with van der Waals surface area (Å²) >= 11 is 0. The Bertz CT molecular complexity index is 1000. The molecule has 6 nitrogen and oxygen atoms in total. The van der Waals surface area contributed by atoms with Gasteiger partial charge in [0, 0.05) is 42.4 Å². The van der Waals surface area contributed by atoms with Crippen LogP contribution in [0.2, 0.25) is 0 Å². The molecule has 148 valence electrons. The maximum Gasteiger partial charge on any atom is 0.254 e. The van der Waals surface area contributed by atoms with E-state index in [1.807, 2.05) is 66.6 Å². The van der Waals surface area contributed by atoms with Crippen molar-refractivity contribution in [3.05, 3.63) is 71.5 Å². The third-order valence-electron chi connectivity index (χ3n) is 4.98. The number of hydrogen-bond donors (Lipinski definition) is 0. The zero-order chi connectivity index (χ0) is 20.2. The molecule has 1 amide bonds. The summed E-state index contributed by atoms with van der Waals surface area (Å²) in [6, 6.07) is 15.0. The fraction of sp³-hybridized carbons (Fsp3) is 0.261. The molecule has 3 aromatic rings. The first kappa shape index (κ1) is 18.9. The van der Waals surface area contributed by atoms with Crippen LogP contribution in [-0.4, -0.2) is 41.0 Å². The van der Waals surface area contributed by atoms with Crippen LogP contribution >= 0.6 is 0 Å². The Morgan fingerprint density at radius 3 is 2.48 bits per heavy atom. The highest BCUT2D eigenvalue weighted by molar-refractivity contribution is 5.94. The van der Waals surface area contributed by atoms with Gasteiger partial charge in [0.15, 0.2) is 5.82 Å². The van der Waals surface area contributed by atoms with Gasteiger partial charge in [-0.1, -0.05) is 0 Å². The van der Waals surface area contributed by atoms with E-state index >= 15 is 0 Å². The molecule has 0 fully saturated rings. The van der Waals surface area contributed by atoms with Crippen molar-refractivity contribution in [2.45, 2.75) is 19.9 Å². The van der Waals surface area contributed by atoms with E-state index in [0.717, 1.165) is 28.3 Å². The van der Waals surface area contributed by atoms with Crippen LogP contribution in [0.3, 0.4) is 0 Å². The van der Waals surface area contributed by atoms with E-state index < -0.39 is 0 Å². The van der Waals surface area contributed by atoms with Crippen molar-refractivity contribution in [2.75, 3.05) is 20.3 Å². The van der Waals surface area contributed by atoms with Crippen molar-refractivity contribution in [1.29, 1.82) is 0 Å². The van der Waals surface area contributed by atoms with Crippen molar-refractivity contribution in [3.8, 4) is 22.9 Å². The SMILES string of the molecule is CCOc1ccc(C(=O)N2CCc3nc(-c4ccc(OC)cc4)ncc3C2)cc1. The smallest absolute Gasteiger partial charge is 0.254 e. The number of carbonyl (C=O) groups excluding carboxylic acids is 1. The number of benzene rings is 2. The van der Waals surface area contributed by atoms with E-state index in [-0.39, 0.29) is 5.91 Å². The number of nitrogens with zero attached hydrogens (tertiary/aromatic N) is 3. The standard InChI is InChI=1S/C23H23N3O3/c1-3-29-20-10-6-17(7-11-20)23(27)26-13-12-21-18(15-26)14-24-22(25-21)16-4-8-19(28-2)9-5-16/h4-11,14H,3,12-13,15H2,1-2H3. The fourth-order valence-corrected chi connectivity index (χ4v) is 3.41. The number of aromatic nitrogens is 2. The van der Waals surface area contributed by atoms with Gasteiger partial charge in [-0.15, -0.1) is 0 Å². The molecule has 0 N–H and O–H groups in total. The van der Waals surface area contributed by atoms with Gasteiger partial charge in [-0.3, -0.25) is 4.79 Å². The summed E-state index contributed by atoms with van der Waals surface area (Å²) in [6.45, 7) is 3.70. The molecule has 0 radical (unpaired) electrons. The topological polar surface area (TPSA) is 64.5 Å². The van der Waals surface area contributed by atoms with Gasteiger partial charge in [0.1, 0.15) is 11.5 Å². The molecule has 1 aliphatic heterocycles. The lowest BCUT2D eigenvalue weighted by Gasteiger charge is -2.28. The van der Waals surface area contributed by atoms with Gasteiger partial charge in [0.05, 0.1) is 19.4 Å². The molecule has 2 heterocycles. The Morgan fingerprint density at radius 2 is 1.79 bits per heavy atom. The molecule has 0 aliphatic carbocycles. The van der Waals surface area contributed by atoms with Crippen molar-refractivity contribution >= 4 is 5.91 Å². The first-order valence-corrected chi connectivity index (χ1v) is 9.69. The second kappa shape index (κ2) is 8.31. The number of carbonyl (C=O) groups is 1. The van der Waals surface area contributed by atoms with E-state index in [1.165, 1.54) is 0 Å². The van der Waals surface area contributed by atoms with E-state index in [2.05, 4.69) is 4.98 Å². The third kappa shape index (κ3) is 4.06. The van der Waals surface area contributed by atoms with Gasteiger partial charge in [0.2, 0.25) is 0 Å². The van der Waals surface area contributed by atoms with E-state index in [0.29, 0.717) is 37.5 Å². The summed E-state index contributed by atoms with van der Waals surface area (Å²) in [5.41, 5.74) is 3.60. The molecule has 29 heavy (non-hydrogen) atoms. The lowest BCUT2D eigenvalue weighted by atomic mass is 10.1. The normalized spacial score (nSPS) is 13.0. The number of methoxy groups -OCH3 is 1. The summed E-state index contributed by atoms with van der Waals surface area (Å²) in [5.74, 6) is 2.28. The number of fused-ring (bicyclic) bond motifs is 1. The summed E-state index contributed by atoms with van der Waals surface area (Å²) in [7, 11) is 1.64. The molecule has 1 aliphatic rings. The minimum atomic E-state index is 0.0120. The maximum absolute atomic E-state index is 12.9. The molecular formula is C23H23N3O3. The molecule has 0 unspecified atom stereocenters. The van der Waals surface area contributed by atoms with E-state index in [4.69, 9.17) is 14.5 Å². The molecule has 4 rings (SSSR count). The van der Waals surface area contributed by atoms with Gasteiger partial charge in [-0.25, -0.2) is 9.97 Å². The first-order chi connectivity index (χ1) is 14.2. The molecule has 0 saturated heterocycles. The molecule has 1 aromatic heterocycles.